The van der Waals surface area contributed by atoms with Gasteiger partial charge in [0.15, 0.2) is 11.6 Å². The highest BCUT2D eigenvalue weighted by molar-refractivity contribution is 7.09. The number of amides is 2. The van der Waals surface area contributed by atoms with Gasteiger partial charge in [-0.3, -0.25) is 24.5 Å². The van der Waals surface area contributed by atoms with Gasteiger partial charge in [-0.25, -0.2) is 4.98 Å². The van der Waals surface area contributed by atoms with Crippen molar-refractivity contribution in [1.29, 1.82) is 0 Å². The van der Waals surface area contributed by atoms with Crippen LogP contribution >= 0.6 is 11.3 Å². The van der Waals surface area contributed by atoms with Gasteiger partial charge in [-0.15, -0.1) is 11.3 Å². The average molecular weight is 523 g/mol. The number of imide groups is 1. The third kappa shape index (κ3) is 6.05. The Morgan fingerprint density at radius 1 is 1.05 bits per heavy atom. The Labute approximate surface area is 219 Å². The Bertz CT molecular complexity index is 1240. The summed E-state index contributed by atoms with van der Waals surface area (Å²) in [4.78, 5) is 54.5. The second-order valence-electron chi connectivity index (χ2n) is 9.88. The summed E-state index contributed by atoms with van der Waals surface area (Å²) in [6.07, 6.45) is 7.49. The number of carbonyl (C=O) groups excluding carboxylic acids is 4. The normalized spacial score (nSPS) is 22.5. The zero-order valence-corrected chi connectivity index (χ0v) is 21.4. The van der Waals surface area contributed by atoms with Crippen molar-refractivity contribution in [3.05, 3.63) is 57.1 Å². The molecule has 2 atom stereocenters. The molecule has 0 radical (unpaired) electrons. The molecule has 1 aromatic carbocycles. The minimum atomic E-state index is -0.504. The van der Waals surface area contributed by atoms with Crippen LogP contribution in [0.15, 0.2) is 35.2 Å². The van der Waals surface area contributed by atoms with Gasteiger partial charge in [0.05, 0.1) is 11.3 Å². The number of Topliss-reactive ketones (excluding diaryl/α,β-unsaturated/α-hetero) is 1. The van der Waals surface area contributed by atoms with E-state index in [1.54, 1.807) is 18.2 Å². The number of hydrogen-bond donors (Lipinski definition) is 1. The van der Waals surface area contributed by atoms with E-state index in [1.807, 2.05) is 0 Å². The summed E-state index contributed by atoms with van der Waals surface area (Å²) < 4.78 is 11.6. The molecule has 2 amide bonds. The molecule has 0 saturated carbocycles. The highest BCUT2D eigenvalue weighted by atomic mass is 32.1. The fourth-order valence-corrected chi connectivity index (χ4v) is 5.91. The molecule has 0 bridgehead atoms. The first-order valence-electron chi connectivity index (χ1n) is 12.9. The maximum absolute atomic E-state index is 13.2. The van der Waals surface area contributed by atoms with Gasteiger partial charge in [0, 0.05) is 42.1 Å². The van der Waals surface area contributed by atoms with Gasteiger partial charge in [-0.1, -0.05) is 18.6 Å². The van der Waals surface area contributed by atoms with Crippen LogP contribution in [0.2, 0.25) is 0 Å². The largest absolute Gasteiger partial charge is 0.486 e. The van der Waals surface area contributed by atoms with Crippen molar-refractivity contribution >= 4 is 34.7 Å². The lowest BCUT2D eigenvalue weighted by molar-refractivity contribution is -0.136. The minimum absolute atomic E-state index is 0.128. The molecule has 194 valence electrons. The first-order chi connectivity index (χ1) is 18.0. The molecule has 37 heavy (non-hydrogen) atoms. The van der Waals surface area contributed by atoms with E-state index in [0.29, 0.717) is 18.1 Å². The van der Waals surface area contributed by atoms with E-state index < -0.39 is 11.8 Å². The number of nitrogens with zero attached hydrogens (tertiary/aromatic N) is 1. The molecule has 9 heteroatoms. The number of thiazole rings is 1. The number of benzene rings is 1. The van der Waals surface area contributed by atoms with E-state index in [2.05, 4.69) is 10.7 Å². The van der Waals surface area contributed by atoms with Gasteiger partial charge in [-0.05, 0) is 56.6 Å². The quantitative estimate of drug-likeness (QED) is 0.542. The number of nitrogens with one attached hydrogen (secondary N) is 1. The lowest BCUT2D eigenvalue weighted by Crippen LogP contribution is -2.41. The summed E-state index contributed by atoms with van der Waals surface area (Å²) in [5.41, 5.74) is 1.86. The van der Waals surface area contributed by atoms with Crippen molar-refractivity contribution < 1.29 is 28.7 Å². The molecule has 0 spiro atoms. The maximum atomic E-state index is 13.2. The van der Waals surface area contributed by atoms with E-state index >= 15 is 0 Å². The zero-order chi connectivity index (χ0) is 25.8. The van der Waals surface area contributed by atoms with E-state index in [1.165, 1.54) is 30.3 Å². The Hall–Kier alpha value is -3.17. The monoisotopic (exact) mass is 522 g/mol. The smallest absolute Gasteiger partial charge is 0.230 e. The Kier molecular flexibility index (Phi) is 7.90. The molecule has 3 heterocycles. The number of hydrogen-bond acceptors (Lipinski definition) is 8. The molecular weight excluding hydrogens is 492 g/mol. The van der Waals surface area contributed by atoms with Crippen LogP contribution in [0.4, 0.5) is 0 Å². The summed E-state index contributed by atoms with van der Waals surface area (Å²) >= 11 is 1.53. The second-order valence-corrected chi connectivity index (χ2v) is 10.8. The number of piperidine rings is 1. The number of fused-ring (bicyclic) bond motifs is 1. The molecule has 1 aliphatic carbocycles. The third-order valence-electron chi connectivity index (χ3n) is 7.20. The first-order valence-corrected chi connectivity index (χ1v) is 13.8. The summed E-state index contributed by atoms with van der Waals surface area (Å²) in [5, 5.41) is 5.19. The van der Waals surface area contributed by atoms with Crippen molar-refractivity contribution in [3.8, 4) is 5.75 Å². The number of allylic oxidation sites excluding steroid dienone is 2. The Morgan fingerprint density at radius 2 is 1.95 bits per heavy atom. The predicted molar refractivity (Wildman–Crippen MR) is 137 cm³/mol. The van der Waals surface area contributed by atoms with Crippen molar-refractivity contribution in [3.63, 3.8) is 0 Å². The zero-order valence-electron chi connectivity index (χ0n) is 20.6. The van der Waals surface area contributed by atoms with Crippen molar-refractivity contribution in [2.24, 2.45) is 11.8 Å². The molecule has 3 aliphatic rings. The van der Waals surface area contributed by atoms with Crippen LogP contribution in [-0.4, -0.2) is 41.6 Å². The van der Waals surface area contributed by atoms with E-state index in [9.17, 15) is 19.2 Å². The highest BCUT2D eigenvalue weighted by Gasteiger charge is 2.33. The van der Waals surface area contributed by atoms with Gasteiger partial charge in [0.2, 0.25) is 11.8 Å². The molecule has 2 fully saturated rings. The topological polar surface area (TPSA) is 112 Å². The number of aromatic nitrogens is 1. The molecule has 2 aliphatic heterocycles. The van der Waals surface area contributed by atoms with Crippen LogP contribution in [0, 0.1) is 11.8 Å². The fraction of sp³-hybridized carbons (Fsp3) is 0.464. The number of ketones is 2. The van der Waals surface area contributed by atoms with Crippen LogP contribution in [-0.2, 0) is 27.4 Å². The second kappa shape index (κ2) is 11.5. The van der Waals surface area contributed by atoms with E-state index in [4.69, 9.17) is 14.5 Å². The number of rotatable bonds is 7. The lowest BCUT2D eigenvalue weighted by atomic mass is 9.82. The van der Waals surface area contributed by atoms with Crippen molar-refractivity contribution in [2.45, 2.75) is 58.0 Å². The molecule has 2 unspecified atom stereocenters. The average Bonchev–Trinajstić information content (AvgIpc) is 3.31. The summed E-state index contributed by atoms with van der Waals surface area (Å²) in [7, 11) is 0. The van der Waals surface area contributed by atoms with Crippen molar-refractivity contribution in [1.82, 2.24) is 10.3 Å². The molecule has 1 N–H and O–H groups in total. The third-order valence-corrected chi connectivity index (χ3v) is 8.07. The number of carbonyl (C=O) groups is 4. The molecule has 8 nitrogen and oxygen atoms in total. The van der Waals surface area contributed by atoms with Crippen LogP contribution in [0.5, 0.6) is 5.75 Å². The maximum Gasteiger partial charge on any atom is 0.230 e. The van der Waals surface area contributed by atoms with Gasteiger partial charge in [0.25, 0.3) is 0 Å². The fourth-order valence-electron chi connectivity index (χ4n) is 5.20. The Balaban J connectivity index is 1.23. The summed E-state index contributed by atoms with van der Waals surface area (Å²) in [6.45, 7) is 1.88. The molecule has 2 aromatic rings. The summed E-state index contributed by atoms with van der Waals surface area (Å²) in [5.74, 6) is -0.900. The molecule has 5 rings (SSSR count). The van der Waals surface area contributed by atoms with Crippen molar-refractivity contribution in [2.75, 3.05) is 13.2 Å². The van der Waals surface area contributed by atoms with Gasteiger partial charge >= 0.3 is 0 Å². The first kappa shape index (κ1) is 25.5. The minimum Gasteiger partial charge on any atom is -0.486 e. The summed E-state index contributed by atoms with van der Waals surface area (Å²) in [6, 6.07) is 4.99. The standard InChI is InChI=1S/C28H30N2O6S/c31-22-14-19(13-18-7-8-24(32)30-28(18)34)27(33)21-5-3-6-23(26(21)22)36-15-25-29-20(16-37-25)12-17-4-1-2-10-35-11-9-17/h3,5-6,14,16-18H,1-2,4,7-13,15H2,(H,30,32,34). The van der Waals surface area contributed by atoms with Gasteiger partial charge < -0.3 is 9.47 Å². The van der Waals surface area contributed by atoms with Gasteiger partial charge in [0.1, 0.15) is 17.4 Å². The van der Waals surface area contributed by atoms with Crippen LogP contribution in [0.25, 0.3) is 0 Å². The Morgan fingerprint density at radius 3 is 2.81 bits per heavy atom. The lowest BCUT2D eigenvalue weighted by Gasteiger charge is -2.23. The van der Waals surface area contributed by atoms with E-state index in [0.717, 1.165) is 43.2 Å². The molecular formula is C28H30N2O6S. The predicted octanol–water partition coefficient (Wildman–Crippen LogP) is 4.22. The molecule has 2 saturated heterocycles. The number of ether oxygens (including phenoxy) is 2. The van der Waals surface area contributed by atoms with E-state index in [-0.39, 0.29) is 53.6 Å². The SMILES string of the molecule is O=C1CCC(CC2=CC(=O)c3c(OCc4nc(CC5CCCCOCC5)cs4)cccc3C2=O)C(=O)N1. The van der Waals surface area contributed by atoms with Crippen LogP contribution < -0.4 is 10.1 Å². The molecule has 1 aromatic heterocycles. The highest BCUT2D eigenvalue weighted by Crippen LogP contribution is 2.33. The van der Waals surface area contributed by atoms with Gasteiger partial charge in [-0.2, -0.15) is 0 Å². The van der Waals surface area contributed by atoms with Crippen LogP contribution in [0.3, 0.4) is 0 Å². The van der Waals surface area contributed by atoms with Crippen LogP contribution in [0.1, 0.15) is 76.4 Å².